The van der Waals surface area contributed by atoms with Gasteiger partial charge in [0.05, 0.1) is 0 Å². The number of aromatic nitrogens is 6. The van der Waals surface area contributed by atoms with E-state index in [9.17, 15) is 0 Å². The van der Waals surface area contributed by atoms with Crippen molar-refractivity contribution in [2.45, 2.75) is 0 Å². The maximum absolute atomic E-state index is 8.74. The van der Waals surface area contributed by atoms with Gasteiger partial charge in [-0.2, -0.15) is 8.42 Å². The highest BCUT2D eigenvalue weighted by Crippen LogP contribution is 2.33. The topological polar surface area (TPSA) is 152 Å². The Labute approximate surface area is 178 Å². The van der Waals surface area contributed by atoms with Crippen molar-refractivity contribution >= 4 is 21.5 Å². The molecule has 0 spiro atoms. The minimum Gasteiger partial charge on any atom is -0.264 e. The Kier molecular flexibility index (Phi) is 7.17. The summed E-state index contributed by atoms with van der Waals surface area (Å²) in [5, 5.41) is 0. The van der Waals surface area contributed by atoms with Crippen LogP contribution in [0.5, 0.6) is 0 Å². The molecule has 0 aliphatic heterocycles. The molecular weight excluding hydrogens is 420 g/mol. The lowest BCUT2D eigenvalue weighted by Gasteiger charge is -2.14. The monoisotopic (exact) mass is 436 g/mol. The van der Waals surface area contributed by atoms with Gasteiger partial charge in [-0.25, -0.2) is 29.9 Å². The third-order valence-corrected chi connectivity index (χ3v) is 3.81. The van der Waals surface area contributed by atoms with Crippen LogP contribution in [0.1, 0.15) is 22.8 Å². The fourth-order valence-corrected chi connectivity index (χ4v) is 2.72. The molecule has 0 unspecified atom stereocenters. The van der Waals surface area contributed by atoms with E-state index in [1.165, 1.54) is 25.3 Å². The van der Waals surface area contributed by atoms with E-state index in [2.05, 4.69) is 29.9 Å². The molecule has 11 heteroatoms. The van der Waals surface area contributed by atoms with Crippen molar-refractivity contribution in [3.8, 4) is 0 Å². The fourth-order valence-electron chi connectivity index (χ4n) is 2.72. The summed E-state index contributed by atoms with van der Waals surface area (Å²) >= 11 is 0. The highest BCUT2D eigenvalue weighted by molar-refractivity contribution is 7.79. The van der Waals surface area contributed by atoms with Gasteiger partial charge in [0.25, 0.3) is 0 Å². The maximum Gasteiger partial charge on any atom is 0.394 e. The van der Waals surface area contributed by atoms with Gasteiger partial charge in [-0.1, -0.05) is 60.7 Å². The summed E-state index contributed by atoms with van der Waals surface area (Å²) in [7, 11) is -4.67. The molecule has 0 amide bonds. The molecule has 2 aromatic heterocycles. The molecule has 0 radical (unpaired) electrons. The second kappa shape index (κ2) is 10.2. The Morgan fingerprint density at radius 1 is 0.581 bits per heavy atom. The van der Waals surface area contributed by atoms with Crippen LogP contribution in [0, 0.1) is 0 Å². The maximum atomic E-state index is 8.74. The number of rotatable bonds is 4. The molecule has 0 aliphatic rings. The van der Waals surface area contributed by atoms with E-state index in [0.29, 0.717) is 11.6 Å². The summed E-state index contributed by atoms with van der Waals surface area (Å²) in [4.78, 5) is 25.4. The molecule has 0 saturated heterocycles. The highest BCUT2D eigenvalue weighted by atomic mass is 32.3. The van der Waals surface area contributed by atoms with E-state index in [0.717, 1.165) is 22.3 Å². The van der Waals surface area contributed by atoms with Gasteiger partial charge in [-0.3, -0.25) is 9.11 Å². The predicted octanol–water partition coefficient (Wildman–Crippen LogP) is 2.41. The molecule has 156 valence electrons. The lowest BCUT2D eigenvalue weighted by atomic mass is 9.93. The summed E-state index contributed by atoms with van der Waals surface area (Å²) in [6.45, 7) is 0. The zero-order valence-corrected chi connectivity index (χ0v) is 16.7. The number of hydrogen-bond acceptors (Lipinski definition) is 8. The molecule has 0 bridgehead atoms. The number of hydrogen-bond donors (Lipinski definition) is 2. The zero-order valence-electron chi connectivity index (χ0n) is 15.9. The molecule has 31 heavy (non-hydrogen) atoms. The van der Waals surface area contributed by atoms with Crippen molar-refractivity contribution in [2.24, 2.45) is 0 Å². The van der Waals surface area contributed by atoms with E-state index in [1.54, 1.807) is 0 Å². The third-order valence-electron chi connectivity index (χ3n) is 3.81. The van der Waals surface area contributed by atoms with Crippen molar-refractivity contribution in [3.05, 3.63) is 109 Å². The lowest BCUT2D eigenvalue weighted by molar-refractivity contribution is 0.381. The van der Waals surface area contributed by atoms with Crippen LogP contribution in [0.2, 0.25) is 0 Å². The summed E-state index contributed by atoms with van der Waals surface area (Å²) in [5.74, 6) is 1.12. The SMILES string of the molecule is O=S(=O)(O)O.c1ccc(C(=C(c2ccccc2)c2ncncn2)c2ncncn2)cc1. The molecular formula is C20H16N6O4S. The number of benzene rings is 2. The van der Waals surface area contributed by atoms with Crippen molar-refractivity contribution in [3.63, 3.8) is 0 Å². The average Bonchev–Trinajstić information content (AvgIpc) is 2.78. The molecule has 10 nitrogen and oxygen atoms in total. The second-order valence-electron chi connectivity index (χ2n) is 5.85. The van der Waals surface area contributed by atoms with Crippen molar-refractivity contribution in [1.29, 1.82) is 0 Å². The molecule has 2 aromatic carbocycles. The molecule has 0 fully saturated rings. The van der Waals surface area contributed by atoms with E-state index < -0.39 is 10.4 Å². The first-order chi connectivity index (χ1) is 14.9. The Balaban J connectivity index is 0.000000491. The zero-order chi connectivity index (χ0) is 22.1. The van der Waals surface area contributed by atoms with E-state index in [1.807, 2.05) is 60.7 Å². The molecule has 4 rings (SSSR count). The summed E-state index contributed by atoms with van der Waals surface area (Å²) < 4.78 is 31.6. The van der Waals surface area contributed by atoms with Crippen LogP contribution in [0.15, 0.2) is 86.0 Å². The normalized spacial score (nSPS) is 11.7. The third kappa shape index (κ3) is 6.54. The fraction of sp³-hybridized carbons (Fsp3) is 0. The molecule has 0 saturated carbocycles. The molecule has 2 N–H and O–H groups in total. The van der Waals surface area contributed by atoms with Gasteiger partial charge in [-0.05, 0) is 11.1 Å². The quantitative estimate of drug-likeness (QED) is 0.360. The first-order valence-corrected chi connectivity index (χ1v) is 10.1. The van der Waals surface area contributed by atoms with Gasteiger partial charge >= 0.3 is 10.4 Å². The Morgan fingerprint density at radius 2 is 0.871 bits per heavy atom. The molecule has 0 atom stereocenters. The van der Waals surface area contributed by atoms with Gasteiger partial charge in [0, 0.05) is 11.1 Å². The lowest BCUT2D eigenvalue weighted by Crippen LogP contribution is -2.04. The van der Waals surface area contributed by atoms with Crippen LogP contribution < -0.4 is 0 Å². The minimum absolute atomic E-state index is 0.561. The Morgan fingerprint density at radius 3 is 1.16 bits per heavy atom. The van der Waals surface area contributed by atoms with Crippen LogP contribution in [0.3, 0.4) is 0 Å². The van der Waals surface area contributed by atoms with Crippen molar-refractivity contribution in [1.82, 2.24) is 29.9 Å². The second-order valence-corrected chi connectivity index (χ2v) is 6.75. The largest absolute Gasteiger partial charge is 0.394 e. The highest BCUT2D eigenvalue weighted by Gasteiger charge is 2.19. The van der Waals surface area contributed by atoms with Crippen molar-refractivity contribution < 1.29 is 17.5 Å². The minimum atomic E-state index is -4.67. The Bertz CT molecular complexity index is 1060. The van der Waals surface area contributed by atoms with Gasteiger partial charge in [0.2, 0.25) is 0 Å². The predicted molar refractivity (Wildman–Crippen MR) is 112 cm³/mol. The van der Waals surface area contributed by atoms with E-state index in [4.69, 9.17) is 17.5 Å². The smallest absolute Gasteiger partial charge is 0.264 e. The van der Waals surface area contributed by atoms with Gasteiger partial charge in [0.15, 0.2) is 11.6 Å². The van der Waals surface area contributed by atoms with Crippen molar-refractivity contribution in [2.75, 3.05) is 0 Å². The molecule has 4 aromatic rings. The van der Waals surface area contributed by atoms with Crippen LogP contribution in [-0.2, 0) is 10.4 Å². The number of nitrogens with zero attached hydrogens (tertiary/aromatic N) is 6. The standard InChI is InChI=1S/C20H14N6.H2O4S/c1-3-7-15(8-4-1)17(19-23-11-21-12-24-19)18(16-9-5-2-6-10-16)20-25-13-22-14-26-20;1-5(2,3)4/h1-14H;(H2,1,2,3,4). The Hall–Kier alpha value is -3.93. The van der Waals surface area contributed by atoms with Crippen LogP contribution in [0.25, 0.3) is 11.1 Å². The molecule has 0 aliphatic carbocycles. The average molecular weight is 436 g/mol. The first-order valence-electron chi connectivity index (χ1n) is 8.73. The van der Waals surface area contributed by atoms with Crippen LogP contribution in [-0.4, -0.2) is 47.4 Å². The van der Waals surface area contributed by atoms with Gasteiger partial charge in [0.1, 0.15) is 25.3 Å². The molecule has 2 heterocycles. The van der Waals surface area contributed by atoms with Gasteiger partial charge < -0.3 is 0 Å². The summed E-state index contributed by atoms with van der Waals surface area (Å²) in [5.41, 5.74) is 3.62. The van der Waals surface area contributed by atoms with E-state index >= 15 is 0 Å². The summed E-state index contributed by atoms with van der Waals surface area (Å²) in [6, 6.07) is 19.9. The van der Waals surface area contributed by atoms with Gasteiger partial charge in [-0.15, -0.1) is 0 Å². The van der Waals surface area contributed by atoms with Crippen LogP contribution in [0.4, 0.5) is 0 Å². The summed E-state index contributed by atoms with van der Waals surface area (Å²) in [6.07, 6.45) is 5.95. The first kappa shape index (κ1) is 21.8. The van der Waals surface area contributed by atoms with Crippen LogP contribution >= 0.6 is 0 Å². The van der Waals surface area contributed by atoms with E-state index in [-0.39, 0.29) is 0 Å².